The van der Waals surface area contributed by atoms with Crippen LogP contribution in [0.5, 0.6) is 5.75 Å². The molecule has 4 nitrogen and oxygen atoms in total. The highest BCUT2D eigenvalue weighted by Crippen LogP contribution is 2.38. The molecule has 1 unspecified atom stereocenters. The maximum Gasteiger partial charge on any atom is 0.161 e. The summed E-state index contributed by atoms with van der Waals surface area (Å²) in [5, 5.41) is 4.27. The molecule has 0 amide bonds. The smallest absolute Gasteiger partial charge is 0.161 e. The second-order valence-corrected chi connectivity index (χ2v) is 4.20. The molecule has 2 rings (SSSR count). The molecule has 0 saturated heterocycles. The molecule has 0 radical (unpaired) electrons. The zero-order valence-corrected chi connectivity index (χ0v) is 9.44. The Bertz CT molecular complexity index is 309. The molecule has 1 atom stereocenters. The molecular weight excluding hydrogens is 190 g/mol. The first-order valence-electron chi connectivity index (χ1n) is 5.61. The molecule has 1 aromatic heterocycles. The van der Waals surface area contributed by atoms with Crippen LogP contribution in [-0.4, -0.2) is 16.9 Å². The third-order valence-electron chi connectivity index (χ3n) is 3.00. The van der Waals surface area contributed by atoms with E-state index < -0.39 is 0 Å². The van der Waals surface area contributed by atoms with E-state index in [1.165, 1.54) is 12.8 Å². The van der Waals surface area contributed by atoms with Crippen molar-refractivity contribution in [3.63, 3.8) is 0 Å². The molecule has 0 aromatic carbocycles. The van der Waals surface area contributed by atoms with Gasteiger partial charge in [0.15, 0.2) is 5.75 Å². The van der Waals surface area contributed by atoms with E-state index in [9.17, 15) is 0 Å². The minimum absolute atomic E-state index is 0.0647. The summed E-state index contributed by atoms with van der Waals surface area (Å²) in [5.74, 6) is 1.65. The summed E-state index contributed by atoms with van der Waals surface area (Å²) >= 11 is 0. The second-order valence-electron chi connectivity index (χ2n) is 4.20. The Morgan fingerprint density at radius 2 is 2.40 bits per heavy atom. The van der Waals surface area contributed by atoms with E-state index in [0.29, 0.717) is 0 Å². The van der Waals surface area contributed by atoms with Crippen LogP contribution < -0.4 is 10.5 Å². The summed E-state index contributed by atoms with van der Waals surface area (Å²) in [6.45, 7) is 2.91. The predicted octanol–water partition coefficient (Wildman–Crippen LogP) is 1.71. The standard InChI is InChI=1S/C11H19N3O/c1-3-14-11(10(15-2)7-13-14)9(12)6-8-4-5-8/h7-9H,3-6,12H2,1-2H3. The third-order valence-corrected chi connectivity index (χ3v) is 3.00. The Balaban J connectivity index is 2.17. The lowest BCUT2D eigenvalue weighted by atomic mass is 10.1. The number of methoxy groups -OCH3 is 1. The Kier molecular flexibility index (Phi) is 2.95. The predicted molar refractivity (Wildman–Crippen MR) is 58.7 cm³/mol. The third kappa shape index (κ3) is 2.15. The molecule has 1 aliphatic rings. The second kappa shape index (κ2) is 4.23. The van der Waals surface area contributed by atoms with Crippen molar-refractivity contribution in [2.45, 2.75) is 38.8 Å². The number of rotatable bonds is 5. The summed E-state index contributed by atoms with van der Waals surface area (Å²) in [7, 11) is 1.67. The van der Waals surface area contributed by atoms with Gasteiger partial charge in [0.25, 0.3) is 0 Å². The molecule has 0 bridgehead atoms. The quantitative estimate of drug-likeness (QED) is 0.803. The van der Waals surface area contributed by atoms with E-state index in [0.717, 1.165) is 30.3 Å². The number of nitrogens with zero attached hydrogens (tertiary/aromatic N) is 2. The molecule has 1 heterocycles. The molecule has 0 spiro atoms. The van der Waals surface area contributed by atoms with Gasteiger partial charge < -0.3 is 10.5 Å². The molecule has 4 heteroatoms. The zero-order valence-electron chi connectivity index (χ0n) is 9.44. The summed E-state index contributed by atoms with van der Waals surface area (Å²) in [6, 6.07) is 0.0647. The van der Waals surface area contributed by atoms with Crippen molar-refractivity contribution in [1.29, 1.82) is 0 Å². The highest BCUT2D eigenvalue weighted by atomic mass is 16.5. The first-order valence-corrected chi connectivity index (χ1v) is 5.61. The molecule has 0 aliphatic heterocycles. The van der Waals surface area contributed by atoms with Crippen LogP contribution in [0, 0.1) is 5.92 Å². The average molecular weight is 209 g/mol. The number of aryl methyl sites for hydroxylation is 1. The minimum atomic E-state index is 0.0647. The number of ether oxygens (including phenoxy) is 1. The Hall–Kier alpha value is -1.03. The van der Waals surface area contributed by atoms with Gasteiger partial charge in [-0.3, -0.25) is 4.68 Å². The average Bonchev–Trinajstić information content (AvgIpc) is 2.95. The van der Waals surface area contributed by atoms with Crippen LogP contribution in [0.15, 0.2) is 6.20 Å². The van der Waals surface area contributed by atoms with Gasteiger partial charge in [0, 0.05) is 6.54 Å². The van der Waals surface area contributed by atoms with E-state index in [2.05, 4.69) is 12.0 Å². The normalized spacial score (nSPS) is 17.8. The molecule has 1 aromatic rings. The molecule has 1 fully saturated rings. The van der Waals surface area contributed by atoms with Gasteiger partial charge in [0.05, 0.1) is 25.0 Å². The van der Waals surface area contributed by atoms with E-state index in [4.69, 9.17) is 10.5 Å². The molecule has 1 aliphatic carbocycles. The topological polar surface area (TPSA) is 53.1 Å². The summed E-state index contributed by atoms with van der Waals surface area (Å²) < 4.78 is 7.22. The van der Waals surface area contributed by atoms with Gasteiger partial charge in [-0.25, -0.2) is 0 Å². The van der Waals surface area contributed by atoms with Crippen LogP contribution in [0.1, 0.15) is 37.9 Å². The van der Waals surface area contributed by atoms with Gasteiger partial charge in [-0.05, 0) is 19.3 Å². The van der Waals surface area contributed by atoms with Gasteiger partial charge in [-0.15, -0.1) is 0 Å². The van der Waals surface area contributed by atoms with Crippen LogP contribution in [0.2, 0.25) is 0 Å². The van der Waals surface area contributed by atoms with Crippen LogP contribution >= 0.6 is 0 Å². The SMILES string of the molecule is CCn1ncc(OC)c1C(N)CC1CC1. The molecular formula is C11H19N3O. The van der Waals surface area contributed by atoms with Crippen molar-refractivity contribution in [3.05, 3.63) is 11.9 Å². The van der Waals surface area contributed by atoms with Crippen LogP contribution in [-0.2, 0) is 6.54 Å². The van der Waals surface area contributed by atoms with E-state index in [1.54, 1.807) is 13.3 Å². The van der Waals surface area contributed by atoms with Gasteiger partial charge >= 0.3 is 0 Å². The lowest BCUT2D eigenvalue weighted by molar-refractivity contribution is 0.397. The van der Waals surface area contributed by atoms with E-state index in [-0.39, 0.29) is 6.04 Å². The number of aromatic nitrogens is 2. The lowest BCUT2D eigenvalue weighted by Crippen LogP contribution is -2.17. The van der Waals surface area contributed by atoms with Crippen molar-refractivity contribution in [2.24, 2.45) is 11.7 Å². The van der Waals surface area contributed by atoms with Crippen molar-refractivity contribution >= 4 is 0 Å². The van der Waals surface area contributed by atoms with E-state index >= 15 is 0 Å². The Morgan fingerprint density at radius 3 is 2.93 bits per heavy atom. The van der Waals surface area contributed by atoms with Crippen molar-refractivity contribution in [1.82, 2.24) is 9.78 Å². The van der Waals surface area contributed by atoms with Crippen molar-refractivity contribution < 1.29 is 4.74 Å². The first kappa shape index (κ1) is 10.5. The lowest BCUT2D eigenvalue weighted by Gasteiger charge is -2.14. The number of nitrogens with two attached hydrogens (primary N) is 1. The fourth-order valence-electron chi connectivity index (χ4n) is 1.99. The van der Waals surface area contributed by atoms with Gasteiger partial charge in [-0.1, -0.05) is 12.8 Å². The van der Waals surface area contributed by atoms with E-state index in [1.807, 2.05) is 4.68 Å². The van der Waals surface area contributed by atoms with Gasteiger partial charge in [0.2, 0.25) is 0 Å². The van der Waals surface area contributed by atoms with Gasteiger partial charge in [0.1, 0.15) is 0 Å². The fraction of sp³-hybridized carbons (Fsp3) is 0.727. The maximum atomic E-state index is 6.19. The monoisotopic (exact) mass is 209 g/mol. The maximum absolute atomic E-state index is 6.19. The van der Waals surface area contributed by atoms with Crippen LogP contribution in [0.3, 0.4) is 0 Å². The first-order chi connectivity index (χ1) is 7.26. The summed E-state index contributed by atoms with van der Waals surface area (Å²) in [4.78, 5) is 0. The molecule has 84 valence electrons. The number of hydrogen-bond donors (Lipinski definition) is 1. The molecule has 2 N–H and O–H groups in total. The van der Waals surface area contributed by atoms with Crippen molar-refractivity contribution in [2.75, 3.05) is 7.11 Å². The molecule has 1 saturated carbocycles. The van der Waals surface area contributed by atoms with Gasteiger partial charge in [-0.2, -0.15) is 5.10 Å². The molecule has 15 heavy (non-hydrogen) atoms. The fourth-order valence-corrected chi connectivity index (χ4v) is 1.99. The largest absolute Gasteiger partial charge is 0.493 e. The van der Waals surface area contributed by atoms with Crippen molar-refractivity contribution in [3.8, 4) is 5.75 Å². The Morgan fingerprint density at radius 1 is 1.67 bits per heavy atom. The van der Waals surface area contributed by atoms with Crippen LogP contribution in [0.4, 0.5) is 0 Å². The summed E-state index contributed by atoms with van der Waals surface area (Å²) in [6.07, 6.45) is 5.47. The summed E-state index contributed by atoms with van der Waals surface area (Å²) in [5.41, 5.74) is 7.24. The van der Waals surface area contributed by atoms with Crippen LogP contribution in [0.25, 0.3) is 0 Å². The minimum Gasteiger partial charge on any atom is -0.493 e. The number of hydrogen-bond acceptors (Lipinski definition) is 3. The zero-order chi connectivity index (χ0) is 10.8. The Labute approximate surface area is 90.4 Å². The highest BCUT2D eigenvalue weighted by molar-refractivity contribution is 5.28. The highest BCUT2D eigenvalue weighted by Gasteiger charge is 2.27.